The van der Waals surface area contributed by atoms with Gasteiger partial charge in [0.15, 0.2) is 0 Å². The summed E-state index contributed by atoms with van der Waals surface area (Å²) in [5.41, 5.74) is 7.00. The van der Waals surface area contributed by atoms with Crippen LogP contribution in [0.2, 0.25) is 0 Å². The molecule has 3 rings (SSSR count). The summed E-state index contributed by atoms with van der Waals surface area (Å²) < 4.78 is 28.7. The predicted molar refractivity (Wildman–Crippen MR) is 84.9 cm³/mol. The summed E-state index contributed by atoms with van der Waals surface area (Å²) in [6.45, 7) is -1.26. The molecular weight excluding hydrogens is 318 g/mol. The minimum absolute atomic E-state index is 0.0728. The number of hydrogen-bond donors (Lipinski definition) is 1. The first-order valence-corrected chi connectivity index (χ1v) is 7.74. The fourth-order valence-corrected chi connectivity index (χ4v) is 2.95. The highest BCUT2D eigenvalue weighted by Gasteiger charge is 2.22. The van der Waals surface area contributed by atoms with Gasteiger partial charge in [-0.1, -0.05) is 0 Å². The molecule has 24 heavy (non-hydrogen) atoms. The van der Waals surface area contributed by atoms with Crippen LogP contribution in [0, 0.1) is 5.92 Å². The zero-order valence-corrected chi connectivity index (χ0v) is 13.0. The van der Waals surface area contributed by atoms with E-state index in [4.69, 9.17) is 5.73 Å². The number of hydrogen-bond acceptors (Lipinski definition) is 5. The molecule has 0 bridgehead atoms. The highest BCUT2D eigenvalue weighted by molar-refractivity contribution is 5.96. The summed E-state index contributed by atoms with van der Waals surface area (Å²) in [6.07, 6.45) is 4.88. The van der Waals surface area contributed by atoms with Crippen molar-refractivity contribution in [2.75, 3.05) is 24.6 Å². The number of carbonyl (C=O) groups is 1. The Morgan fingerprint density at radius 2 is 2.08 bits per heavy atom. The third kappa shape index (κ3) is 3.59. The Bertz CT molecular complexity index is 733. The molecule has 1 aliphatic rings. The lowest BCUT2D eigenvalue weighted by Crippen LogP contribution is -2.35. The van der Waals surface area contributed by atoms with Crippen LogP contribution in [-0.2, 0) is 4.74 Å². The third-order valence-electron chi connectivity index (χ3n) is 4.25. The average molecular weight is 336 g/mol. The first-order chi connectivity index (χ1) is 11.5. The molecule has 0 unspecified atom stereocenters. The standard InChI is InChI=1S/C16H18F2N4O2/c17-16(18)24-9-10-3-5-22(6-4-10)13-8-20-7-11-1-2-12(15(19)23)21-14(11)13/h1-2,7-8,10,16H,3-6,9H2,(H2,19,23). The molecule has 3 heterocycles. The zero-order chi connectivity index (χ0) is 17.1. The molecular formula is C16H18F2N4O2. The Morgan fingerprint density at radius 1 is 1.33 bits per heavy atom. The average Bonchev–Trinajstić information content (AvgIpc) is 2.59. The summed E-state index contributed by atoms with van der Waals surface area (Å²) in [6, 6.07) is 3.34. The third-order valence-corrected chi connectivity index (χ3v) is 4.25. The van der Waals surface area contributed by atoms with E-state index >= 15 is 0 Å². The minimum Gasteiger partial charge on any atom is -0.369 e. The number of aromatic nitrogens is 2. The number of halogens is 2. The van der Waals surface area contributed by atoms with E-state index in [-0.39, 0.29) is 18.2 Å². The molecule has 1 fully saturated rings. The summed E-state index contributed by atoms with van der Waals surface area (Å²) in [5, 5.41) is 0.820. The van der Waals surface area contributed by atoms with Crippen molar-refractivity contribution in [2.24, 2.45) is 11.7 Å². The molecule has 0 aromatic carbocycles. The number of alkyl halides is 2. The Labute approximate surface area is 137 Å². The monoisotopic (exact) mass is 336 g/mol. The van der Waals surface area contributed by atoms with Crippen LogP contribution in [0.3, 0.4) is 0 Å². The van der Waals surface area contributed by atoms with Gasteiger partial charge in [0.25, 0.3) is 5.91 Å². The summed E-state index contributed by atoms with van der Waals surface area (Å²) in [7, 11) is 0. The molecule has 0 atom stereocenters. The second kappa shape index (κ2) is 7.04. The van der Waals surface area contributed by atoms with Gasteiger partial charge in [-0.25, -0.2) is 4.98 Å². The highest BCUT2D eigenvalue weighted by Crippen LogP contribution is 2.28. The van der Waals surface area contributed by atoms with Gasteiger partial charge in [0, 0.05) is 24.7 Å². The number of nitrogens with two attached hydrogens (primary N) is 1. The van der Waals surface area contributed by atoms with E-state index in [9.17, 15) is 13.6 Å². The van der Waals surface area contributed by atoms with Crippen LogP contribution in [-0.4, -0.2) is 42.2 Å². The van der Waals surface area contributed by atoms with Crippen molar-refractivity contribution in [3.8, 4) is 0 Å². The van der Waals surface area contributed by atoms with Crippen molar-refractivity contribution in [3.63, 3.8) is 0 Å². The molecule has 6 nitrogen and oxygen atoms in total. The van der Waals surface area contributed by atoms with Gasteiger partial charge in [0.2, 0.25) is 0 Å². The lowest BCUT2D eigenvalue weighted by molar-refractivity contribution is -0.139. The molecule has 2 N–H and O–H groups in total. The predicted octanol–water partition coefficient (Wildman–Crippen LogP) is 2.18. The molecule has 2 aromatic heterocycles. The topological polar surface area (TPSA) is 81.3 Å². The maximum atomic E-state index is 12.1. The number of primary amides is 1. The Hall–Kier alpha value is -2.35. The van der Waals surface area contributed by atoms with E-state index in [1.807, 2.05) is 0 Å². The molecule has 0 spiro atoms. The van der Waals surface area contributed by atoms with Gasteiger partial charge in [-0.05, 0) is 30.9 Å². The van der Waals surface area contributed by atoms with E-state index in [1.54, 1.807) is 24.5 Å². The quantitative estimate of drug-likeness (QED) is 0.905. The van der Waals surface area contributed by atoms with Crippen molar-refractivity contribution in [1.29, 1.82) is 0 Å². The summed E-state index contributed by atoms with van der Waals surface area (Å²) >= 11 is 0. The summed E-state index contributed by atoms with van der Waals surface area (Å²) in [4.78, 5) is 22.0. The molecule has 0 radical (unpaired) electrons. The van der Waals surface area contributed by atoms with Gasteiger partial charge in [-0.15, -0.1) is 0 Å². The maximum Gasteiger partial charge on any atom is 0.345 e. The molecule has 128 valence electrons. The van der Waals surface area contributed by atoms with Gasteiger partial charge in [-0.2, -0.15) is 8.78 Å². The van der Waals surface area contributed by atoms with Crippen LogP contribution >= 0.6 is 0 Å². The fraction of sp³-hybridized carbons (Fsp3) is 0.438. The number of anilines is 1. The Morgan fingerprint density at radius 3 is 2.75 bits per heavy atom. The van der Waals surface area contributed by atoms with Gasteiger partial charge >= 0.3 is 6.61 Å². The minimum atomic E-state index is -2.72. The SMILES string of the molecule is NC(=O)c1ccc2cncc(N3CCC(COC(F)F)CC3)c2n1. The van der Waals surface area contributed by atoms with Gasteiger partial charge in [0.1, 0.15) is 5.69 Å². The first kappa shape index (κ1) is 16.5. The van der Waals surface area contributed by atoms with Crippen LogP contribution in [0.5, 0.6) is 0 Å². The molecule has 8 heteroatoms. The Balaban J connectivity index is 1.78. The molecule has 1 saturated heterocycles. The van der Waals surface area contributed by atoms with Crippen LogP contribution in [0.1, 0.15) is 23.3 Å². The number of ether oxygens (including phenoxy) is 1. The lowest BCUT2D eigenvalue weighted by atomic mass is 9.97. The van der Waals surface area contributed by atoms with E-state index in [0.717, 1.165) is 23.9 Å². The molecule has 1 aliphatic heterocycles. The van der Waals surface area contributed by atoms with Crippen molar-refractivity contribution in [2.45, 2.75) is 19.5 Å². The molecule has 2 aromatic rings. The normalized spacial score (nSPS) is 16.0. The lowest BCUT2D eigenvalue weighted by Gasteiger charge is -2.33. The van der Waals surface area contributed by atoms with Gasteiger partial charge in [0.05, 0.1) is 24.0 Å². The second-order valence-corrected chi connectivity index (χ2v) is 5.82. The number of amides is 1. The number of nitrogens with zero attached hydrogens (tertiary/aromatic N) is 3. The number of rotatable bonds is 5. The fourth-order valence-electron chi connectivity index (χ4n) is 2.95. The van der Waals surface area contributed by atoms with Crippen LogP contribution in [0.25, 0.3) is 10.9 Å². The van der Waals surface area contributed by atoms with Crippen LogP contribution in [0.4, 0.5) is 14.5 Å². The number of carbonyl (C=O) groups excluding carboxylic acids is 1. The molecule has 0 aliphatic carbocycles. The number of piperidine rings is 1. The summed E-state index contributed by atoms with van der Waals surface area (Å²) in [5.74, 6) is -0.463. The van der Waals surface area contributed by atoms with Gasteiger partial charge in [-0.3, -0.25) is 9.78 Å². The van der Waals surface area contributed by atoms with E-state index in [2.05, 4.69) is 19.6 Å². The van der Waals surface area contributed by atoms with E-state index in [0.29, 0.717) is 18.6 Å². The zero-order valence-electron chi connectivity index (χ0n) is 13.0. The van der Waals surface area contributed by atoms with Crippen LogP contribution in [0.15, 0.2) is 24.5 Å². The van der Waals surface area contributed by atoms with Crippen molar-refractivity contribution >= 4 is 22.5 Å². The second-order valence-electron chi connectivity index (χ2n) is 5.82. The highest BCUT2D eigenvalue weighted by atomic mass is 19.3. The smallest absolute Gasteiger partial charge is 0.345 e. The van der Waals surface area contributed by atoms with E-state index < -0.39 is 12.5 Å². The molecule has 1 amide bonds. The number of fused-ring (bicyclic) bond motifs is 1. The van der Waals surface area contributed by atoms with Gasteiger partial charge < -0.3 is 15.4 Å². The maximum absolute atomic E-state index is 12.1. The van der Waals surface area contributed by atoms with Crippen LogP contribution < -0.4 is 10.6 Å². The molecule has 0 saturated carbocycles. The van der Waals surface area contributed by atoms with Crippen molar-refractivity contribution < 1.29 is 18.3 Å². The van der Waals surface area contributed by atoms with Crippen molar-refractivity contribution in [3.05, 3.63) is 30.2 Å². The van der Waals surface area contributed by atoms with E-state index in [1.165, 1.54) is 0 Å². The van der Waals surface area contributed by atoms with Crippen molar-refractivity contribution in [1.82, 2.24) is 9.97 Å². The number of pyridine rings is 2. The first-order valence-electron chi connectivity index (χ1n) is 7.74. The Kier molecular flexibility index (Phi) is 4.84. The largest absolute Gasteiger partial charge is 0.369 e.